The van der Waals surface area contributed by atoms with Crippen molar-refractivity contribution in [3.8, 4) is 11.1 Å². The lowest BCUT2D eigenvalue weighted by molar-refractivity contribution is -0.152. The highest BCUT2D eigenvalue weighted by Crippen LogP contribution is 2.25. The Labute approximate surface area is 282 Å². The molecule has 0 bridgehead atoms. The van der Waals surface area contributed by atoms with Gasteiger partial charge in [-0.25, -0.2) is 0 Å². The predicted octanol–water partition coefficient (Wildman–Crippen LogP) is 4.53. The maximum absolute atomic E-state index is 14.4. The Bertz CT molecular complexity index is 1730. The molecule has 3 aliphatic rings. The molecule has 2 aliphatic heterocycles. The van der Waals surface area contributed by atoms with Crippen molar-refractivity contribution >= 4 is 28.5 Å². The van der Waals surface area contributed by atoms with Crippen LogP contribution in [0.5, 0.6) is 0 Å². The number of piperidine rings is 1. The number of carbonyl (C=O) groups excluding carboxylic acids is 3. The SMILES string of the molecule is O=C1N[C@@H](Cc2ccc3ccccc3c2)C(=O)N(Cc2ccc(-c3ccccc3)cc2)[C@H]1CN(CC1CCNCC1)C(=O)CNC1CC1. The zero-order chi connectivity index (χ0) is 32.9. The van der Waals surface area contributed by atoms with Crippen molar-refractivity contribution in [3.05, 3.63) is 108 Å². The first-order chi connectivity index (χ1) is 23.5. The van der Waals surface area contributed by atoms with Gasteiger partial charge in [0.15, 0.2) is 0 Å². The lowest BCUT2D eigenvalue weighted by atomic mass is 9.95. The van der Waals surface area contributed by atoms with Crippen LogP contribution in [0.4, 0.5) is 0 Å². The molecule has 3 amide bonds. The first-order valence-electron chi connectivity index (χ1n) is 17.4. The summed E-state index contributed by atoms with van der Waals surface area (Å²) in [6.07, 6.45) is 4.56. The van der Waals surface area contributed by atoms with Gasteiger partial charge in [-0.05, 0) is 77.7 Å². The lowest BCUT2D eigenvalue weighted by Crippen LogP contribution is -2.66. The maximum atomic E-state index is 14.4. The minimum Gasteiger partial charge on any atom is -0.342 e. The monoisotopic (exact) mass is 643 g/mol. The first-order valence-corrected chi connectivity index (χ1v) is 17.4. The molecule has 2 heterocycles. The van der Waals surface area contributed by atoms with Gasteiger partial charge < -0.3 is 25.8 Å². The summed E-state index contributed by atoms with van der Waals surface area (Å²) in [6.45, 7) is 3.16. The lowest BCUT2D eigenvalue weighted by Gasteiger charge is -2.42. The molecule has 2 saturated heterocycles. The first kappa shape index (κ1) is 32.0. The molecule has 248 valence electrons. The Hall–Kier alpha value is -4.53. The smallest absolute Gasteiger partial charge is 0.246 e. The van der Waals surface area contributed by atoms with Gasteiger partial charge in [-0.2, -0.15) is 0 Å². The van der Waals surface area contributed by atoms with E-state index in [-0.39, 0.29) is 37.4 Å². The van der Waals surface area contributed by atoms with Crippen molar-refractivity contribution in [2.24, 2.45) is 5.92 Å². The zero-order valence-electron chi connectivity index (χ0n) is 27.4. The fraction of sp³-hybridized carbons (Fsp3) is 0.375. The number of piperazine rings is 1. The summed E-state index contributed by atoms with van der Waals surface area (Å²) in [5, 5.41) is 12.1. The topological polar surface area (TPSA) is 93.8 Å². The van der Waals surface area contributed by atoms with Gasteiger partial charge in [0.05, 0.1) is 13.1 Å². The van der Waals surface area contributed by atoms with Gasteiger partial charge in [0.1, 0.15) is 12.1 Å². The van der Waals surface area contributed by atoms with E-state index in [0.29, 0.717) is 24.9 Å². The number of nitrogens with one attached hydrogen (secondary N) is 3. The van der Waals surface area contributed by atoms with Crippen LogP contribution in [0.3, 0.4) is 0 Å². The van der Waals surface area contributed by atoms with E-state index < -0.39 is 12.1 Å². The number of nitrogens with zero attached hydrogens (tertiary/aromatic N) is 2. The third-order valence-electron chi connectivity index (χ3n) is 10.0. The quantitative estimate of drug-likeness (QED) is 0.211. The van der Waals surface area contributed by atoms with Crippen LogP contribution >= 0.6 is 0 Å². The van der Waals surface area contributed by atoms with Gasteiger partial charge in [-0.1, -0.05) is 97.1 Å². The van der Waals surface area contributed by atoms with E-state index in [1.54, 1.807) is 4.90 Å². The molecule has 2 atom stereocenters. The standard InChI is InChI=1S/C40H45N5O3/c46-38(24-42-35-16-17-35)44(25-29-18-20-41-21-19-29)27-37-39(47)43-36(23-30-12-15-32-8-4-5-9-34(32)22-30)40(48)45(37)26-28-10-13-33(14-11-28)31-6-2-1-3-7-31/h1-15,22,29,35-37,41-42H,16-21,23-27H2,(H,43,47)/t36-,37-/m0/s1. The maximum Gasteiger partial charge on any atom is 0.246 e. The molecule has 0 unspecified atom stereocenters. The fourth-order valence-corrected chi connectivity index (χ4v) is 7.06. The molecule has 48 heavy (non-hydrogen) atoms. The Kier molecular flexibility index (Phi) is 9.82. The van der Waals surface area contributed by atoms with Crippen LogP contribution < -0.4 is 16.0 Å². The van der Waals surface area contributed by atoms with Gasteiger partial charge >= 0.3 is 0 Å². The summed E-state index contributed by atoms with van der Waals surface area (Å²) >= 11 is 0. The van der Waals surface area contributed by atoms with Crippen molar-refractivity contribution in [1.29, 1.82) is 0 Å². The molecular formula is C40H45N5O3. The molecule has 8 heteroatoms. The number of hydrogen-bond acceptors (Lipinski definition) is 5. The number of rotatable bonds is 12. The molecule has 0 radical (unpaired) electrons. The van der Waals surface area contributed by atoms with E-state index in [0.717, 1.165) is 71.8 Å². The number of amides is 3. The second kappa shape index (κ2) is 14.7. The molecular weight excluding hydrogens is 598 g/mol. The Morgan fingerprint density at radius 1 is 0.771 bits per heavy atom. The number of carbonyl (C=O) groups is 3. The van der Waals surface area contributed by atoms with Crippen molar-refractivity contribution in [2.45, 2.75) is 56.8 Å². The van der Waals surface area contributed by atoms with E-state index >= 15 is 0 Å². The average Bonchev–Trinajstić information content (AvgIpc) is 3.96. The van der Waals surface area contributed by atoms with E-state index in [4.69, 9.17) is 0 Å². The largest absolute Gasteiger partial charge is 0.342 e. The summed E-state index contributed by atoms with van der Waals surface area (Å²) in [4.78, 5) is 45.7. The molecule has 4 aromatic rings. The van der Waals surface area contributed by atoms with E-state index in [1.807, 2.05) is 53.4 Å². The van der Waals surface area contributed by atoms with Crippen LogP contribution in [0.25, 0.3) is 21.9 Å². The number of benzene rings is 4. The third-order valence-corrected chi connectivity index (χ3v) is 10.0. The molecule has 7 rings (SSSR count). The van der Waals surface area contributed by atoms with E-state index in [9.17, 15) is 14.4 Å². The average molecular weight is 644 g/mol. The molecule has 1 saturated carbocycles. The van der Waals surface area contributed by atoms with Gasteiger partial charge in [-0.15, -0.1) is 0 Å². The molecule has 0 aromatic heterocycles. The fourth-order valence-electron chi connectivity index (χ4n) is 7.06. The summed E-state index contributed by atoms with van der Waals surface area (Å²) < 4.78 is 0. The Morgan fingerprint density at radius 2 is 1.46 bits per heavy atom. The van der Waals surface area contributed by atoms with Gasteiger partial charge in [-0.3, -0.25) is 14.4 Å². The van der Waals surface area contributed by atoms with Crippen LogP contribution in [-0.2, 0) is 27.3 Å². The molecule has 1 aliphatic carbocycles. The molecule has 0 spiro atoms. The van der Waals surface area contributed by atoms with Crippen LogP contribution in [0.15, 0.2) is 97.1 Å². The zero-order valence-corrected chi connectivity index (χ0v) is 27.4. The third kappa shape index (κ3) is 7.77. The van der Waals surface area contributed by atoms with Crippen LogP contribution in [0.2, 0.25) is 0 Å². The van der Waals surface area contributed by atoms with E-state index in [2.05, 4.69) is 64.5 Å². The minimum atomic E-state index is -0.786. The van der Waals surface area contributed by atoms with Crippen LogP contribution in [0.1, 0.15) is 36.8 Å². The second-order valence-electron chi connectivity index (χ2n) is 13.6. The van der Waals surface area contributed by atoms with Crippen molar-refractivity contribution in [1.82, 2.24) is 25.8 Å². The van der Waals surface area contributed by atoms with Crippen molar-refractivity contribution < 1.29 is 14.4 Å². The molecule has 8 nitrogen and oxygen atoms in total. The van der Waals surface area contributed by atoms with E-state index in [1.165, 1.54) is 0 Å². The highest BCUT2D eigenvalue weighted by Gasteiger charge is 2.42. The molecule has 3 N–H and O–H groups in total. The van der Waals surface area contributed by atoms with Gasteiger partial charge in [0.25, 0.3) is 0 Å². The molecule has 3 fully saturated rings. The highest BCUT2D eigenvalue weighted by molar-refractivity contribution is 5.97. The summed E-state index contributed by atoms with van der Waals surface area (Å²) in [5.41, 5.74) is 4.15. The van der Waals surface area contributed by atoms with Gasteiger partial charge in [0, 0.05) is 25.6 Å². The Morgan fingerprint density at radius 3 is 2.21 bits per heavy atom. The van der Waals surface area contributed by atoms with Crippen molar-refractivity contribution in [3.63, 3.8) is 0 Å². The highest BCUT2D eigenvalue weighted by atomic mass is 16.2. The van der Waals surface area contributed by atoms with Crippen LogP contribution in [0, 0.1) is 5.92 Å². The summed E-state index contributed by atoms with van der Waals surface area (Å²) in [5.74, 6) is 0.0223. The number of fused-ring (bicyclic) bond motifs is 1. The number of hydrogen-bond donors (Lipinski definition) is 3. The van der Waals surface area contributed by atoms with Gasteiger partial charge in [0.2, 0.25) is 17.7 Å². The minimum absolute atomic E-state index is 0.00821. The van der Waals surface area contributed by atoms with Crippen molar-refractivity contribution in [2.75, 3.05) is 32.7 Å². The predicted molar refractivity (Wildman–Crippen MR) is 189 cm³/mol. The summed E-state index contributed by atoms with van der Waals surface area (Å²) in [6, 6.07) is 31.7. The molecule has 4 aromatic carbocycles. The second-order valence-corrected chi connectivity index (χ2v) is 13.6. The normalized spacial score (nSPS) is 20.1. The summed E-state index contributed by atoms with van der Waals surface area (Å²) in [7, 11) is 0. The Balaban J connectivity index is 1.15. The van der Waals surface area contributed by atoms with Crippen LogP contribution in [-0.4, -0.2) is 78.4 Å².